The Labute approximate surface area is 177 Å². The minimum atomic E-state index is -4.65. The molecule has 9 heteroatoms. The van der Waals surface area contributed by atoms with Crippen molar-refractivity contribution in [1.29, 1.82) is 0 Å². The lowest BCUT2D eigenvalue weighted by Crippen LogP contribution is -2.29. The molecule has 1 aromatic carbocycles. The summed E-state index contributed by atoms with van der Waals surface area (Å²) in [6.45, 7) is 4.77. The molecule has 1 aromatic heterocycles. The molecule has 0 saturated carbocycles. The minimum Gasteiger partial charge on any atom is -0.379 e. The van der Waals surface area contributed by atoms with Crippen LogP contribution in [0, 0.1) is 5.41 Å². The number of aromatic nitrogens is 1. The van der Waals surface area contributed by atoms with Gasteiger partial charge in [0.25, 0.3) is 5.91 Å². The number of primary amides is 1. The van der Waals surface area contributed by atoms with E-state index in [2.05, 4.69) is 5.32 Å². The van der Waals surface area contributed by atoms with Crippen LogP contribution in [-0.4, -0.2) is 35.5 Å². The first-order valence-electron chi connectivity index (χ1n) is 10.1. The molecule has 3 N–H and O–H groups in total. The van der Waals surface area contributed by atoms with Crippen molar-refractivity contribution in [3.8, 4) is 5.69 Å². The number of hydrogen-bond acceptors (Lipinski definition) is 4. The predicted molar refractivity (Wildman–Crippen MR) is 109 cm³/mol. The van der Waals surface area contributed by atoms with Crippen LogP contribution in [0.1, 0.15) is 58.7 Å². The van der Waals surface area contributed by atoms with Crippen molar-refractivity contribution in [3.63, 3.8) is 0 Å². The third-order valence-corrected chi connectivity index (χ3v) is 5.81. The average Bonchev–Trinajstić information content (AvgIpc) is 3.27. The molecule has 0 unspecified atom stereocenters. The standard InChI is InChI=1S/C22H24F3N3O3/c1-21(2)8-17-19(18(29)9-21)15(22(23,24)25)10-28(17)13-3-4-14(20(26)30)16(7-13)27-12-5-6-31-11-12/h3-4,7,10,12,27H,5-6,8-9,11H2,1-2H3,(H2,26,30)/t12-/m0/s1. The fourth-order valence-corrected chi connectivity index (χ4v) is 4.40. The number of rotatable bonds is 4. The summed E-state index contributed by atoms with van der Waals surface area (Å²) in [6, 6.07) is 4.61. The van der Waals surface area contributed by atoms with E-state index >= 15 is 0 Å². The number of alkyl halides is 3. The maximum Gasteiger partial charge on any atom is 0.418 e. The zero-order chi connectivity index (χ0) is 22.6. The normalized spacial score (nSPS) is 20.5. The van der Waals surface area contributed by atoms with Gasteiger partial charge in [-0.3, -0.25) is 9.59 Å². The highest BCUT2D eigenvalue weighted by Gasteiger charge is 2.43. The Morgan fingerprint density at radius 2 is 2.03 bits per heavy atom. The Kier molecular flexibility index (Phi) is 5.12. The van der Waals surface area contributed by atoms with E-state index in [1.807, 2.05) is 13.8 Å². The van der Waals surface area contributed by atoms with Crippen LogP contribution in [0.25, 0.3) is 5.69 Å². The van der Waals surface area contributed by atoms with Crippen LogP contribution in [0.4, 0.5) is 18.9 Å². The molecule has 2 aromatic rings. The van der Waals surface area contributed by atoms with Crippen molar-refractivity contribution in [3.05, 3.63) is 46.8 Å². The third kappa shape index (κ3) is 4.06. The van der Waals surface area contributed by atoms with Crippen LogP contribution in [0.3, 0.4) is 0 Å². The number of hydrogen-bond donors (Lipinski definition) is 2. The maximum absolute atomic E-state index is 13.7. The number of Topliss-reactive ketones (excluding diaryl/α,β-unsaturated/α-hetero) is 1. The van der Waals surface area contributed by atoms with Gasteiger partial charge in [-0.15, -0.1) is 0 Å². The molecule has 0 bridgehead atoms. The molecular formula is C22H24F3N3O3. The summed E-state index contributed by atoms with van der Waals surface area (Å²) >= 11 is 0. The van der Waals surface area contributed by atoms with Crippen molar-refractivity contribution in [2.75, 3.05) is 18.5 Å². The molecule has 166 valence electrons. The molecule has 1 amide bonds. The Bertz CT molecular complexity index is 1050. The summed E-state index contributed by atoms with van der Waals surface area (Å²) in [5.41, 5.74) is 5.26. The number of anilines is 1. The molecule has 2 aliphatic rings. The number of nitrogens with two attached hydrogens (primary N) is 1. The molecule has 1 fully saturated rings. The van der Waals surface area contributed by atoms with E-state index in [1.54, 1.807) is 12.1 Å². The number of halogens is 3. The molecule has 6 nitrogen and oxygen atoms in total. The topological polar surface area (TPSA) is 86.4 Å². The molecule has 4 rings (SSSR count). The molecule has 1 atom stereocenters. The first-order chi connectivity index (χ1) is 14.5. The van der Waals surface area contributed by atoms with E-state index in [0.717, 1.165) is 12.6 Å². The van der Waals surface area contributed by atoms with Crippen LogP contribution < -0.4 is 11.1 Å². The van der Waals surface area contributed by atoms with Gasteiger partial charge in [-0.2, -0.15) is 13.2 Å². The quantitative estimate of drug-likeness (QED) is 0.762. The summed E-state index contributed by atoms with van der Waals surface area (Å²) in [6.07, 6.45) is -2.56. The van der Waals surface area contributed by atoms with Crippen LogP contribution in [0.15, 0.2) is 24.4 Å². The largest absolute Gasteiger partial charge is 0.418 e. The van der Waals surface area contributed by atoms with Gasteiger partial charge in [0.15, 0.2) is 5.78 Å². The fourth-order valence-electron chi connectivity index (χ4n) is 4.40. The maximum atomic E-state index is 13.7. The fraction of sp³-hybridized carbons (Fsp3) is 0.455. The van der Waals surface area contributed by atoms with Gasteiger partial charge >= 0.3 is 6.18 Å². The number of carbonyl (C=O) groups is 2. The molecule has 1 saturated heterocycles. The number of nitrogens with zero attached hydrogens (tertiary/aromatic N) is 1. The van der Waals surface area contributed by atoms with Gasteiger partial charge in [0.05, 0.1) is 29.3 Å². The number of benzene rings is 1. The summed E-state index contributed by atoms with van der Waals surface area (Å²) in [4.78, 5) is 24.5. The predicted octanol–water partition coefficient (Wildman–Crippen LogP) is 3.95. The van der Waals surface area contributed by atoms with Gasteiger partial charge in [-0.05, 0) is 36.5 Å². The summed E-state index contributed by atoms with van der Waals surface area (Å²) in [7, 11) is 0. The van der Waals surface area contributed by atoms with Gasteiger partial charge < -0.3 is 20.4 Å². The Balaban J connectivity index is 1.86. The third-order valence-electron chi connectivity index (χ3n) is 5.81. The molecule has 0 spiro atoms. The highest BCUT2D eigenvalue weighted by molar-refractivity contribution is 6.01. The number of fused-ring (bicyclic) bond motifs is 1. The van der Waals surface area contributed by atoms with Crippen molar-refractivity contribution < 1.29 is 27.5 Å². The Hall–Kier alpha value is -2.81. The van der Waals surface area contributed by atoms with Gasteiger partial charge in [-0.25, -0.2) is 0 Å². The molecule has 1 aliphatic carbocycles. The lowest BCUT2D eigenvalue weighted by molar-refractivity contribution is -0.137. The van der Waals surface area contributed by atoms with Crippen molar-refractivity contribution in [2.24, 2.45) is 11.1 Å². The van der Waals surface area contributed by atoms with E-state index < -0.39 is 28.8 Å². The summed E-state index contributed by atoms with van der Waals surface area (Å²) in [5.74, 6) is -1.15. The van der Waals surface area contributed by atoms with Crippen molar-refractivity contribution in [2.45, 2.75) is 45.3 Å². The van der Waals surface area contributed by atoms with E-state index in [4.69, 9.17) is 10.5 Å². The van der Waals surface area contributed by atoms with Crippen LogP contribution >= 0.6 is 0 Å². The second kappa shape index (κ2) is 7.40. The van der Waals surface area contributed by atoms with Gasteiger partial charge in [0.1, 0.15) is 0 Å². The zero-order valence-corrected chi connectivity index (χ0v) is 17.3. The monoisotopic (exact) mass is 435 g/mol. The van der Waals surface area contributed by atoms with Crippen molar-refractivity contribution in [1.82, 2.24) is 4.57 Å². The number of amides is 1. The van der Waals surface area contributed by atoms with E-state index in [1.165, 1.54) is 10.6 Å². The van der Waals surface area contributed by atoms with Crippen LogP contribution in [-0.2, 0) is 17.3 Å². The van der Waals surface area contributed by atoms with Gasteiger partial charge in [0.2, 0.25) is 0 Å². The molecule has 31 heavy (non-hydrogen) atoms. The van der Waals surface area contributed by atoms with E-state index in [9.17, 15) is 22.8 Å². The van der Waals surface area contributed by atoms with Gasteiger partial charge in [-0.1, -0.05) is 13.8 Å². The lowest BCUT2D eigenvalue weighted by Gasteiger charge is -2.30. The van der Waals surface area contributed by atoms with Crippen molar-refractivity contribution >= 4 is 17.4 Å². The average molecular weight is 435 g/mol. The second-order valence-electron chi connectivity index (χ2n) is 8.97. The highest BCUT2D eigenvalue weighted by Crippen LogP contribution is 2.43. The number of carbonyl (C=O) groups excluding carboxylic acids is 2. The Morgan fingerprint density at radius 1 is 1.29 bits per heavy atom. The number of nitrogens with one attached hydrogen (secondary N) is 1. The first-order valence-corrected chi connectivity index (χ1v) is 10.1. The SMILES string of the molecule is CC1(C)CC(=O)c2c(C(F)(F)F)cn(-c3ccc(C(N)=O)c(N[C@H]4CCOC4)c3)c2C1. The van der Waals surface area contributed by atoms with Crippen LogP contribution in [0.2, 0.25) is 0 Å². The minimum absolute atomic E-state index is 0.0295. The summed E-state index contributed by atoms with van der Waals surface area (Å²) in [5, 5.41) is 3.21. The van der Waals surface area contributed by atoms with Crippen LogP contribution in [0.5, 0.6) is 0 Å². The lowest BCUT2D eigenvalue weighted by atomic mass is 9.75. The smallest absolute Gasteiger partial charge is 0.379 e. The first kappa shape index (κ1) is 21.4. The molecular weight excluding hydrogens is 411 g/mol. The second-order valence-corrected chi connectivity index (χ2v) is 8.97. The van der Waals surface area contributed by atoms with E-state index in [0.29, 0.717) is 36.7 Å². The number of ether oxygens (including phenoxy) is 1. The van der Waals surface area contributed by atoms with Gasteiger partial charge in [0, 0.05) is 36.3 Å². The highest BCUT2D eigenvalue weighted by atomic mass is 19.4. The summed E-state index contributed by atoms with van der Waals surface area (Å²) < 4.78 is 48.0. The molecule has 2 heterocycles. The van der Waals surface area contributed by atoms with E-state index in [-0.39, 0.29) is 23.6 Å². The Morgan fingerprint density at radius 3 is 2.65 bits per heavy atom. The molecule has 0 radical (unpaired) electrons. The zero-order valence-electron chi connectivity index (χ0n) is 17.3. The number of ketones is 1. The molecule has 1 aliphatic heterocycles.